The van der Waals surface area contributed by atoms with E-state index >= 15 is 0 Å². The number of fused-ring (bicyclic) bond motifs is 7. The Kier molecular flexibility index (Phi) is 7.53. The van der Waals surface area contributed by atoms with Gasteiger partial charge in [-0.05, 0) is 109 Å². The number of rotatable bonds is 6. The molecule has 0 saturated carbocycles. The fourth-order valence-electron chi connectivity index (χ4n) is 8.44. The molecule has 0 bridgehead atoms. The second-order valence-corrected chi connectivity index (χ2v) is 14.5. The molecule has 0 aliphatic carbocycles. The summed E-state index contributed by atoms with van der Waals surface area (Å²) in [6.45, 7) is 0. The maximum absolute atomic E-state index is 6.51. The van der Waals surface area contributed by atoms with Crippen molar-refractivity contribution in [1.29, 1.82) is 0 Å². The maximum atomic E-state index is 6.51. The summed E-state index contributed by atoms with van der Waals surface area (Å²) in [4.78, 5) is 2.40. The summed E-state index contributed by atoms with van der Waals surface area (Å²) in [7, 11) is 0. The van der Waals surface area contributed by atoms with Crippen LogP contribution in [0.4, 0.5) is 17.1 Å². The first-order valence-corrected chi connectivity index (χ1v) is 19.2. The molecular weight excluding hydrogens is 679 g/mol. The van der Waals surface area contributed by atoms with Crippen molar-refractivity contribution in [3.63, 3.8) is 0 Å². The summed E-state index contributed by atoms with van der Waals surface area (Å²) >= 11 is 0. The third-order valence-corrected chi connectivity index (χ3v) is 11.2. The number of furan rings is 1. The Balaban J connectivity index is 1.08. The first kappa shape index (κ1) is 32.0. The zero-order valence-electron chi connectivity index (χ0n) is 30.6. The zero-order chi connectivity index (χ0) is 37.0. The molecule has 262 valence electrons. The summed E-state index contributed by atoms with van der Waals surface area (Å²) in [6, 6.07) is 76.6. The van der Waals surface area contributed by atoms with E-state index in [9.17, 15) is 0 Å². The van der Waals surface area contributed by atoms with E-state index in [1.807, 2.05) is 6.07 Å². The molecule has 0 N–H and O–H groups in total. The first-order valence-electron chi connectivity index (χ1n) is 19.2. The monoisotopic (exact) mass is 713 g/mol. The van der Waals surface area contributed by atoms with Crippen LogP contribution in [-0.2, 0) is 0 Å². The van der Waals surface area contributed by atoms with Gasteiger partial charge in [-0.15, -0.1) is 0 Å². The van der Waals surface area contributed by atoms with Crippen LogP contribution in [0.25, 0.3) is 87.6 Å². The van der Waals surface area contributed by atoms with Gasteiger partial charge in [0, 0.05) is 33.1 Å². The number of anilines is 3. The molecule has 10 aromatic carbocycles. The van der Waals surface area contributed by atoms with E-state index in [-0.39, 0.29) is 0 Å². The van der Waals surface area contributed by atoms with Gasteiger partial charge in [-0.2, -0.15) is 0 Å². The topological polar surface area (TPSA) is 16.4 Å². The Morgan fingerprint density at radius 3 is 1.41 bits per heavy atom. The van der Waals surface area contributed by atoms with Crippen LogP contribution in [0.1, 0.15) is 0 Å². The van der Waals surface area contributed by atoms with Crippen molar-refractivity contribution in [2.75, 3.05) is 4.90 Å². The molecule has 11 rings (SSSR count). The van der Waals surface area contributed by atoms with Crippen molar-refractivity contribution in [2.45, 2.75) is 0 Å². The zero-order valence-corrected chi connectivity index (χ0v) is 30.6. The highest BCUT2D eigenvalue weighted by molar-refractivity contribution is 6.19. The van der Waals surface area contributed by atoms with E-state index < -0.39 is 0 Å². The normalized spacial score (nSPS) is 11.6. The summed E-state index contributed by atoms with van der Waals surface area (Å²) in [5.41, 5.74) is 12.2. The van der Waals surface area contributed by atoms with Gasteiger partial charge in [0.1, 0.15) is 11.2 Å². The predicted octanol–water partition coefficient (Wildman–Crippen LogP) is 15.5. The molecule has 0 spiro atoms. The van der Waals surface area contributed by atoms with Crippen LogP contribution in [0.3, 0.4) is 0 Å². The van der Waals surface area contributed by atoms with Crippen molar-refractivity contribution in [1.82, 2.24) is 0 Å². The van der Waals surface area contributed by atoms with E-state index in [0.717, 1.165) is 55.3 Å². The number of hydrogen-bond donors (Lipinski definition) is 0. The van der Waals surface area contributed by atoms with Crippen molar-refractivity contribution in [2.24, 2.45) is 0 Å². The second-order valence-electron chi connectivity index (χ2n) is 14.5. The highest BCUT2D eigenvalue weighted by Gasteiger charge is 2.21. The minimum absolute atomic E-state index is 0.901. The Morgan fingerprint density at radius 2 is 0.786 bits per heavy atom. The average molecular weight is 714 g/mol. The lowest BCUT2D eigenvalue weighted by atomic mass is 9.93. The van der Waals surface area contributed by atoms with E-state index in [2.05, 4.69) is 211 Å². The van der Waals surface area contributed by atoms with Crippen LogP contribution < -0.4 is 4.90 Å². The number of hydrogen-bond acceptors (Lipinski definition) is 2. The first-order chi connectivity index (χ1) is 27.7. The van der Waals surface area contributed by atoms with Crippen molar-refractivity contribution in [3.05, 3.63) is 212 Å². The van der Waals surface area contributed by atoms with Gasteiger partial charge in [0.15, 0.2) is 0 Å². The number of para-hydroxylation sites is 2. The molecule has 2 nitrogen and oxygen atoms in total. The molecule has 11 aromatic rings. The molecule has 1 heterocycles. The molecule has 2 heteroatoms. The van der Waals surface area contributed by atoms with Gasteiger partial charge in [-0.25, -0.2) is 0 Å². The van der Waals surface area contributed by atoms with Gasteiger partial charge in [-0.1, -0.05) is 158 Å². The highest BCUT2D eigenvalue weighted by Crippen LogP contribution is 2.46. The van der Waals surface area contributed by atoms with E-state index in [1.165, 1.54) is 49.4 Å². The lowest BCUT2D eigenvalue weighted by molar-refractivity contribution is 0.672. The Bertz CT molecular complexity index is 3120. The second kappa shape index (κ2) is 13.2. The fraction of sp³-hybridized carbons (Fsp3) is 0. The van der Waals surface area contributed by atoms with Crippen LogP contribution in [0.15, 0.2) is 217 Å². The largest absolute Gasteiger partial charge is 0.455 e. The Morgan fingerprint density at radius 1 is 0.304 bits per heavy atom. The summed E-state index contributed by atoms with van der Waals surface area (Å²) < 4.78 is 6.51. The third kappa shape index (κ3) is 5.42. The van der Waals surface area contributed by atoms with Crippen LogP contribution in [0, 0.1) is 0 Å². The highest BCUT2D eigenvalue weighted by atomic mass is 16.3. The molecule has 0 saturated heterocycles. The Hall–Kier alpha value is -7.42. The SMILES string of the molecule is c1ccc(N(c2ccc(-c3ccc4ccccc4c3)cc2)c2ccc(-c3ccc4ccccc4c3)cc2)c(-c2cc3c4ccccc4oc3c3ccccc23)c1. The van der Waals surface area contributed by atoms with Crippen molar-refractivity contribution < 1.29 is 4.42 Å². The van der Waals surface area contributed by atoms with E-state index in [0.29, 0.717) is 0 Å². The molecule has 0 amide bonds. The van der Waals surface area contributed by atoms with E-state index in [1.54, 1.807) is 0 Å². The fourth-order valence-corrected chi connectivity index (χ4v) is 8.44. The van der Waals surface area contributed by atoms with Crippen molar-refractivity contribution in [3.8, 4) is 33.4 Å². The molecular formula is C54H35NO. The van der Waals surface area contributed by atoms with E-state index in [4.69, 9.17) is 4.42 Å². The molecule has 0 aliphatic heterocycles. The lowest BCUT2D eigenvalue weighted by Crippen LogP contribution is -2.11. The number of benzene rings is 10. The molecule has 0 unspecified atom stereocenters. The van der Waals surface area contributed by atoms with Gasteiger partial charge in [0.25, 0.3) is 0 Å². The third-order valence-electron chi connectivity index (χ3n) is 11.2. The molecule has 0 radical (unpaired) electrons. The van der Waals surface area contributed by atoms with Crippen LogP contribution in [0.2, 0.25) is 0 Å². The molecule has 1 aromatic heterocycles. The minimum Gasteiger partial charge on any atom is -0.455 e. The molecule has 56 heavy (non-hydrogen) atoms. The molecule has 0 fully saturated rings. The minimum atomic E-state index is 0.901. The molecule has 0 aliphatic rings. The van der Waals surface area contributed by atoms with Gasteiger partial charge in [0.05, 0.1) is 5.69 Å². The van der Waals surface area contributed by atoms with Crippen LogP contribution >= 0.6 is 0 Å². The smallest absolute Gasteiger partial charge is 0.143 e. The Labute approximate surface area is 325 Å². The molecule has 0 atom stereocenters. The van der Waals surface area contributed by atoms with Gasteiger partial charge < -0.3 is 9.32 Å². The summed E-state index contributed by atoms with van der Waals surface area (Å²) in [5, 5.41) is 9.49. The maximum Gasteiger partial charge on any atom is 0.143 e. The summed E-state index contributed by atoms with van der Waals surface area (Å²) in [6.07, 6.45) is 0. The average Bonchev–Trinajstić information content (AvgIpc) is 3.65. The van der Waals surface area contributed by atoms with Gasteiger partial charge in [-0.3, -0.25) is 0 Å². The lowest BCUT2D eigenvalue weighted by Gasteiger charge is -2.28. The summed E-state index contributed by atoms with van der Waals surface area (Å²) in [5.74, 6) is 0. The van der Waals surface area contributed by atoms with Crippen LogP contribution in [-0.4, -0.2) is 0 Å². The van der Waals surface area contributed by atoms with Gasteiger partial charge >= 0.3 is 0 Å². The number of nitrogens with zero attached hydrogens (tertiary/aromatic N) is 1. The van der Waals surface area contributed by atoms with Gasteiger partial charge in [0.2, 0.25) is 0 Å². The standard InChI is InChI=1S/C54H35NO/c1-3-13-40-33-42(23-21-36(40)11-1)38-25-29-44(30-26-38)55(45-31-27-39(28-32-45)43-24-22-37-12-2-4-14-41(37)34-43)52-19-9-7-16-47(52)50-35-51-48-17-8-10-20-53(48)56-54(51)49-18-6-5-15-46(49)50/h1-35H. The van der Waals surface area contributed by atoms with Crippen LogP contribution in [0.5, 0.6) is 0 Å². The van der Waals surface area contributed by atoms with Crippen molar-refractivity contribution >= 4 is 71.3 Å². The predicted molar refractivity (Wildman–Crippen MR) is 237 cm³/mol. The quantitative estimate of drug-likeness (QED) is 0.171.